The highest BCUT2D eigenvalue weighted by molar-refractivity contribution is 6.08. The maximum absolute atomic E-state index is 5.29. The van der Waals surface area contributed by atoms with E-state index in [-0.39, 0.29) is 0 Å². The number of ether oxygens (including phenoxy) is 1. The van der Waals surface area contributed by atoms with Gasteiger partial charge in [-0.05, 0) is 20.1 Å². The molecule has 0 aliphatic rings. The van der Waals surface area contributed by atoms with Gasteiger partial charge in [-0.1, -0.05) is 0 Å². The Labute approximate surface area is 60.6 Å². The number of likely N-dealkylation sites (N-methyl/N-ethyl adjacent to an activating group) is 1. The molecule has 0 rings (SSSR count). The molecule has 0 spiro atoms. The molecule has 0 aromatic carbocycles. The molecule has 0 radical (unpaired) electrons. The number of hydrogen-bond donors (Lipinski definition) is 0. The predicted molar refractivity (Wildman–Crippen MR) is 44.1 cm³/mol. The van der Waals surface area contributed by atoms with Crippen molar-refractivity contribution >= 4 is 10.2 Å². The normalized spacial score (nSPS) is 11.0. The summed E-state index contributed by atoms with van der Waals surface area (Å²) >= 11 is 0. The number of hydrogen-bond acceptors (Lipinski definition) is 2. The molecule has 0 aromatic heterocycles. The molecule has 0 unspecified atom stereocenters. The second-order valence-corrected chi connectivity index (χ2v) is 3.42. The Bertz CT molecular complexity index is 59.0. The van der Waals surface area contributed by atoms with E-state index >= 15 is 0 Å². The van der Waals surface area contributed by atoms with Crippen LogP contribution >= 0.6 is 0 Å². The Morgan fingerprint density at radius 3 is 2.44 bits per heavy atom. The van der Waals surface area contributed by atoms with Crippen LogP contribution in [0.15, 0.2) is 0 Å². The lowest BCUT2D eigenvalue weighted by atomic mass is 10.6. The molecular formula is C6H17NOSi. The molecule has 56 valence electrons. The summed E-state index contributed by atoms with van der Waals surface area (Å²) in [6, 6.07) is 1.26. The zero-order valence-electron chi connectivity index (χ0n) is 6.68. The maximum atomic E-state index is 5.29. The van der Waals surface area contributed by atoms with Gasteiger partial charge in [0.05, 0.1) is 6.61 Å². The third-order valence-electron chi connectivity index (χ3n) is 1.03. The van der Waals surface area contributed by atoms with Crippen molar-refractivity contribution in [1.82, 2.24) is 4.90 Å². The second-order valence-electron chi connectivity index (χ2n) is 2.42. The van der Waals surface area contributed by atoms with Gasteiger partial charge in [-0.25, -0.2) is 0 Å². The average molecular weight is 147 g/mol. The largest absolute Gasteiger partial charge is 0.380 e. The minimum absolute atomic E-state index is 0.884. The molecule has 2 nitrogen and oxygen atoms in total. The van der Waals surface area contributed by atoms with Gasteiger partial charge in [0, 0.05) is 23.4 Å². The van der Waals surface area contributed by atoms with Gasteiger partial charge in [0.15, 0.2) is 0 Å². The van der Waals surface area contributed by atoms with Crippen molar-refractivity contribution in [3.63, 3.8) is 0 Å². The summed E-state index contributed by atoms with van der Waals surface area (Å²) in [5.41, 5.74) is 0. The van der Waals surface area contributed by atoms with Crippen molar-refractivity contribution in [2.45, 2.75) is 6.04 Å². The van der Waals surface area contributed by atoms with Gasteiger partial charge in [-0.15, -0.1) is 0 Å². The first kappa shape index (κ1) is 9.14. The number of nitrogens with zero attached hydrogens (tertiary/aromatic N) is 1. The molecule has 0 amide bonds. The van der Waals surface area contributed by atoms with Gasteiger partial charge >= 0.3 is 0 Å². The molecule has 0 heterocycles. The highest BCUT2D eigenvalue weighted by atomic mass is 28.1. The van der Waals surface area contributed by atoms with Crippen molar-refractivity contribution in [2.75, 3.05) is 33.9 Å². The van der Waals surface area contributed by atoms with Gasteiger partial charge in [0.1, 0.15) is 0 Å². The minimum atomic E-state index is 0.884. The zero-order valence-corrected chi connectivity index (χ0v) is 8.68. The fraction of sp³-hybridized carbons (Fsp3) is 1.00. The Balaban J connectivity index is 2.75. The molecule has 0 aromatic rings. The summed E-state index contributed by atoms with van der Waals surface area (Å²) in [7, 11) is 5.38. The van der Waals surface area contributed by atoms with Crippen molar-refractivity contribution in [1.29, 1.82) is 0 Å². The molecule has 9 heavy (non-hydrogen) atoms. The first-order chi connectivity index (χ1) is 4.27. The van der Waals surface area contributed by atoms with Crippen LogP contribution in [0.4, 0.5) is 0 Å². The topological polar surface area (TPSA) is 12.5 Å². The predicted octanol–water partition coefficient (Wildman–Crippen LogP) is -0.652. The van der Waals surface area contributed by atoms with Crippen LogP contribution in [0.1, 0.15) is 0 Å². The van der Waals surface area contributed by atoms with Crippen LogP contribution in [-0.2, 0) is 4.74 Å². The summed E-state index contributed by atoms with van der Waals surface area (Å²) in [5, 5.41) is 0. The SMILES string of the molecule is CN(C)CCOCC[SiH3]. The van der Waals surface area contributed by atoms with E-state index in [0.29, 0.717) is 0 Å². The Hall–Kier alpha value is 0.137. The second kappa shape index (κ2) is 6.26. The molecule has 0 N–H and O–H groups in total. The fourth-order valence-electron chi connectivity index (χ4n) is 0.494. The van der Waals surface area contributed by atoms with Crippen LogP contribution in [0.5, 0.6) is 0 Å². The van der Waals surface area contributed by atoms with E-state index in [2.05, 4.69) is 19.0 Å². The lowest BCUT2D eigenvalue weighted by Gasteiger charge is -2.08. The molecule has 3 heteroatoms. The van der Waals surface area contributed by atoms with E-state index in [9.17, 15) is 0 Å². The van der Waals surface area contributed by atoms with E-state index in [1.54, 1.807) is 0 Å². The highest BCUT2D eigenvalue weighted by Crippen LogP contribution is 1.79. The monoisotopic (exact) mass is 147 g/mol. The molecule has 0 saturated carbocycles. The number of rotatable bonds is 5. The smallest absolute Gasteiger partial charge is 0.0593 e. The summed E-state index contributed by atoms with van der Waals surface area (Å²) < 4.78 is 5.29. The van der Waals surface area contributed by atoms with Gasteiger partial charge in [-0.2, -0.15) is 0 Å². The lowest BCUT2D eigenvalue weighted by molar-refractivity contribution is 0.129. The van der Waals surface area contributed by atoms with Gasteiger partial charge in [-0.3, -0.25) is 0 Å². The van der Waals surface area contributed by atoms with E-state index in [4.69, 9.17) is 4.74 Å². The minimum Gasteiger partial charge on any atom is -0.380 e. The first-order valence-electron chi connectivity index (χ1n) is 3.50. The first-order valence-corrected chi connectivity index (χ1v) is 4.91. The Kier molecular flexibility index (Phi) is 6.35. The highest BCUT2D eigenvalue weighted by Gasteiger charge is 1.87. The molecule has 0 aliphatic heterocycles. The molecule has 0 aliphatic carbocycles. The quantitative estimate of drug-likeness (QED) is 0.378. The molecule has 0 fully saturated rings. The van der Waals surface area contributed by atoms with Crippen LogP contribution < -0.4 is 0 Å². The van der Waals surface area contributed by atoms with Gasteiger partial charge in [0.2, 0.25) is 0 Å². The van der Waals surface area contributed by atoms with Crippen LogP contribution in [0.2, 0.25) is 6.04 Å². The lowest BCUT2D eigenvalue weighted by Crippen LogP contribution is -2.18. The van der Waals surface area contributed by atoms with Gasteiger partial charge < -0.3 is 9.64 Å². The van der Waals surface area contributed by atoms with Crippen LogP contribution in [0.3, 0.4) is 0 Å². The van der Waals surface area contributed by atoms with Crippen molar-refractivity contribution in [2.24, 2.45) is 0 Å². The zero-order chi connectivity index (χ0) is 7.11. The summed E-state index contributed by atoms with van der Waals surface area (Å²) in [5.74, 6) is 0. The van der Waals surface area contributed by atoms with Crippen LogP contribution in [0.25, 0.3) is 0 Å². The van der Waals surface area contributed by atoms with E-state index in [1.165, 1.54) is 16.3 Å². The van der Waals surface area contributed by atoms with E-state index in [1.807, 2.05) is 0 Å². The molecule has 0 atom stereocenters. The van der Waals surface area contributed by atoms with Crippen LogP contribution in [-0.4, -0.2) is 49.0 Å². The Morgan fingerprint density at radius 1 is 1.33 bits per heavy atom. The molecule has 0 saturated heterocycles. The molecular weight excluding hydrogens is 130 g/mol. The summed E-state index contributed by atoms with van der Waals surface area (Å²) in [6.45, 7) is 2.89. The Morgan fingerprint density at radius 2 is 2.00 bits per heavy atom. The van der Waals surface area contributed by atoms with Crippen molar-refractivity contribution in [3.8, 4) is 0 Å². The molecule has 0 bridgehead atoms. The maximum Gasteiger partial charge on any atom is 0.0593 e. The fourth-order valence-corrected chi connectivity index (χ4v) is 0.782. The van der Waals surface area contributed by atoms with E-state index < -0.39 is 0 Å². The van der Waals surface area contributed by atoms with Crippen LogP contribution in [0, 0.1) is 0 Å². The van der Waals surface area contributed by atoms with Crippen molar-refractivity contribution < 1.29 is 4.74 Å². The standard InChI is InChI=1S/C6H17NOSi/c1-7(2)3-4-8-5-6-9/h3-6H2,1-2,9H3. The summed E-state index contributed by atoms with van der Waals surface area (Å²) in [6.07, 6.45) is 0. The summed E-state index contributed by atoms with van der Waals surface area (Å²) in [4.78, 5) is 2.13. The average Bonchev–Trinajstić information content (AvgIpc) is 1.80. The third-order valence-corrected chi connectivity index (χ3v) is 1.44. The van der Waals surface area contributed by atoms with E-state index in [0.717, 1.165) is 19.8 Å². The van der Waals surface area contributed by atoms with Crippen molar-refractivity contribution in [3.05, 3.63) is 0 Å². The van der Waals surface area contributed by atoms with Gasteiger partial charge in [0.25, 0.3) is 0 Å². The third kappa shape index (κ3) is 8.14.